The molecule has 0 aliphatic carbocycles. The van der Waals surface area contributed by atoms with Gasteiger partial charge in [-0.3, -0.25) is 18.6 Å². The summed E-state index contributed by atoms with van der Waals surface area (Å²) in [6, 6.07) is 0. The van der Waals surface area contributed by atoms with Crippen molar-refractivity contribution in [2.45, 2.75) is 225 Å². The quantitative estimate of drug-likeness (QED) is 0.0276. The highest BCUT2D eigenvalue weighted by Gasteiger charge is 2.26. The average molecular weight is 906 g/mol. The lowest BCUT2D eigenvalue weighted by atomic mass is 10.0. The molecule has 0 aromatic rings. The summed E-state index contributed by atoms with van der Waals surface area (Å²) in [6.45, 7) is 4.24. The molecule has 9 nitrogen and oxygen atoms in total. The Morgan fingerprint density at radius 3 is 1.33 bits per heavy atom. The van der Waals surface area contributed by atoms with Gasteiger partial charge < -0.3 is 19.3 Å². The molecular formula is C53H96NO8P. The summed E-state index contributed by atoms with van der Waals surface area (Å²) in [5, 5.41) is 0. The van der Waals surface area contributed by atoms with E-state index in [-0.39, 0.29) is 26.1 Å². The molecule has 2 atom stereocenters. The third-order valence-electron chi connectivity index (χ3n) is 10.8. The summed E-state index contributed by atoms with van der Waals surface area (Å²) < 4.78 is 33.5. The minimum Gasteiger partial charge on any atom is -0.462 e. The largest absolute Gasteiger partial charge is 0.472 e. The van der Waals surface area contributed by atoms with E-state index < -0.39 is 32.5 Å². The van der Waals surface area contributed by atoms with Crippen LogP contribution in [-0.4, -0.2) is 68.3 Å². The van der Waals surface area contributed by atoms with E-state index in [1.54, 1.807) is 0 Å². The van der Waals surface area contributed by atoms with Gasteiger partial charge in [0.1, 0.15) is 6.61 Å². The number of esters is 2. The number of carbonyl (C=O) groups excluding carboxylic acids is 2. The van der Waals surface area contributed by atoms with Gasteiger partial charge in [0, 0.05) is 19.4 Å². The van der Waals surface area contributed by atoms with Gasteiger partial charge in [-0.15, -0.1) is 0 Å². The maximum Gasteiger partial charge on any atom is 0.472 e. The fourth-order valence-corrected chi connectivity index (χ4v) is 7.65. The van der Waals surface area contributed by atoms with Crippen LogP contribution in [0.25, 0.3) is 0 Å². The van der Waals surface area contributed by atoms with Gasteiger partial charge in [0.15, 0.2) is 6.10 Å². The molecule has 63 heavy (non-hydrogen) atoms. The minimum atomic E-state index is -4.38. The van der Waals surface area contributed by atoms with E-state index in [2.05, 4.69) is 62.5 Å². The number of rotatable bonds is 47. The molecule has 0 fully saturated rings. The van der Waals surface area contributed by atoms with E-state index in [4.69, 9.17) is 18.5 Å². The van der Waals surface area contributed by atoms with Crippen molar-refractivity contribution >= 4 is 19.8 Å². The van der Waals surface area contributed by atoms with Gasteiger partial charge in [0.25, 0.3) is 0 Å². The van der Waals surface area contributed by atoms with Crippen LogP contribution in [0.5, 0.6) is 0 Å². The highest BCUT2D eigenvalue weighted by Crippen LogP contribution is 2.43. The van der Waals surface area contributed by atoms with Gasteiger partial charge in [-0.1, -0.05) is 216 Å². The molecule has 0 saturated heterocycles. The molecule has 0 aliphatic heterocycles. The van der Waals surface area contributed by atoms with Crippen molar-refractivity contribution in [2.75, 3.05) is 40.5 Å². The summed E-state index contributed by atoms with van der Waals surface area (Å²) in [6.07, 6.45) is 57.2. The number of allylic oxidation sites excluding steroid dienone is 10. The Bertz CT molecular complexity index is 1230. The van der Waals surface area contributed by atoms with Gasteiger partial charge in [0.2, 0.25) is 0 Å². The molecule has 0 heterocycles. The van der Waals surface area contributed by atoms with E-state index >= 15 is 0 Å². The lowest BCUT2D eigenvalue weighted by Gasteiger charge is -2.20. The smallest absolute Gasteiger partial charge is 0.462 e. The third kappa shape index (κ3) is 49.0. The first-order chi connectivity index (χ1) is 30.7. The standard InChI is InChI=1S/C53H96NO8P/c1-5-7-9-11-13-15-17-19-21-23-25-26-28-30-32-34-36-38-40-42-44-46-53(56)62-51(50-61-63(57,58)60-48-47-54(3)4)49-59-52(55)45-43-41-39-37-35-33-31-29-27-24-22-20-18-16-14-12-10-8-6-2/h14,16,20,22,27,29,33,35,39,41,51H,5-13,15,17-19,21,23-26,28,30-32,34,36-38,40,42-50H2,1-4H3,(H,57,58)/b16-14-,22-20-,29-27-,35-33-,41-39-. The zero-order valence-electron chi connectivity index (χ0n) is 41.0. The van der Waals surface area contributed by atoms with Crippen molar-refractivity contribution in [2.24, 2.45) is 0 Å². The topological polar surface area (TPSA) is 112 Å². The number of phosphoric ester groups is 1. The van der Waals surface area contributed by atoms with Crippen molar-refractivity contribution < 1.29 is 37.6 Å². The molecule has 0 bridgehead atoms. The van der Waals surface area contributed by atoms with Gasteiger partial charge >= 0.3 is 19.8 Å². The Morgan fingerprint density at radius 2 is 0.889 bits per heavy atom. The van der Waals surface area contributed by atoms with E-state index in [0.29, 0.717) is 19.4 Å². The Kier molecular flexibility index (Phi) is 45.9. The summed E-state index contributed by atoms with van der Waals surface area (Å²) in [5.41, 5.74) is 0. The predicted molar refractivity (Wildman–Crippen MR) is 266 cm³/mol. The van der Waals surface area contributed by atoms with Crippen LogP contribution in [0.1, 0.15) is 219 Å². The molecule has 0 spiro atoms. The lowest BCUT2D eigenvalue weighted by molar-refractivity contribution is -0.161. The Hall–Kier alpha value is -2.29. The van der Waals surface area contributed by atoms with Gasteiger partial charge in [-0.05, 0) is 65.5 Å². The molecule has 366 valence electrons. The molecule has 0 amide bonds. The minimum absolute atomic E-state index is 0.00434. The van der Waals surface area contributed by atoms with Crippen LogP contribution in [-0.2, 0) is 32.7 Å². The van der Waals surface area contributed by atoms with Crippen molar-refractivity contribution in [3.05, 3.63) is 60.8 Å². The van der Waals surface area contributed by atoms with Crippen molar-refractivity contribution in [1.82, 2.24) is 4.90 Å². The van der Waals surface area contributed by atoms with Crippen LogP contribution < -0.4 is 0 Å². The van der Waals surface area contributed by atoms with E-state index in [1.165, 1.54) is 141 Å². The van der Waals surface area contributed by atoms with E-state index in [1.807, 2.05) is 31.1 Å². The number of unbranched alkanes of at least 4 members (excludes halogenated alkanes) is 23. The number of likely N-dealkylation sites (N-methyl/N-ethyl adjacent to an activating group) is 1. The summed E-state index contributed by atoms with van der Waals surface area (Å²) in [4.78, 5) is 37.2. The second-order valence-electron chi connectivity index (χ2n) is 17.4. The number of hydrogen-bond acceptors (Lipinski definition) is 8. The maximum absolute atomic E-state index is 12.7. The summed E-state index contributed by atoms with van der Waals surface area (Å²) in [5.74, 6) is -0.893. The summed E-state index contributed by atoms with van der Waals surface area (Å²) >= 11 is 0. The van der Waals surface area contributed by atoms with Crippen LogP contribution >= 0.6 is 7.82 Å². The molecule has 0 aliphatic rings. The summed E-state index contributed by atoms with van der Waals surface area (Å²) in [7, 11) is -0.742. The third-order valence-corrected chi connectivity index (χ3v) is 11.8. The molecule has 10 heteroatoms. The van der Waals surface area contributed by atoms with Crippen LogP contribution in [0.2, 0.25) is 0 Å². The number of nitrogens with zero attached hydrogens (tertiary/aromatic N) is 1. The second kappa shape index (κ2) is 47.7. The van der Waals surface area contributed by atoms with E-state index in [0.717, 1.165) is 38.5 Å². The maximum atomic E-state index is 12.7. The fourth-order valence-electron chi connectivity index (χ4n) is 6.91. The first-order valence-electron chi connectivity index (χ1n) is 25.6. The van der Waals surface area contributed by atoms with Crippen LogP contribution in [0.3, 0.4) is 0 Å². The van der Waals surface area contributed by atoms with Crippen LogP contribution in [0.4, 0.5) is 0 Å². The molecule has 0 radical (unpaired) electrons. The molecule has 0 aromatic heterocycles. The molecule has 0 aromatic carbocycles. The molecule has 0 saturated carbocycles. The molecular weight excluding hydrogens is 810 g/mol. The SMILES string of the molecule is CCCCC/C=C\C/C=C\C/C=C\C/C=C\C/C=C\CCC(=O)OCC(COP(=O)(O)OCCN(C)C)OC(=O)CCCCCCCCCCCCCCCCCCCCCCC. The highest BCUT2D eigenvalue weighted by molar-refractivity contribution is 7.47. The number of phosphoric acid groups is 1. The molecule has 2 unspecified atom stereocenters. The average Bonchev–Trinajstić information content (AvgIpc) is 3.25. The Balaban J connectivity index is 4.27. The van der Waals surface area contributed by atoms with Gasteiger partial charge in [-0.25, -0.2) is 4.57 Å². The number of ether oxygens (including phenoxy) is 2. The van der Waals surface area contributed by atoms with Crippen LogP contribution in [0.15, 0.2) is 60.8 Å². The van der Waals surface area contributed by atoms with Crippen molar-refractivity contribution in [1.29, 1.82) is 0 Å². The highest BCUT2D eigenvalue weighted by atomic mass is 31.2. The first kappa shape index (κ1) is 60.7. The predicted octanol–water partition coefficient (Wildman–Crippen LogP) is 15.4. The Morgan fingerprint density at radius 1 is 0.492 bits per heavy atom. The lowest BCUT2D eigenvalue weighted by Crippen LogP contribution is -2.29. The second-order valence-corrected chi connectivity index (χ2v) is 18.8. The van der Waals surface area contributed by atoms with Gasteiger partial charge in [0.05, 0.1) is 13.2 Å². The van der Waals surface area contributed by atoms with E-state index in [9.17, 15) is 19.0 Å². The fraction of sp³-hybridized carbons (Fsp3) is 0.774. The monoisotopic (exact) mass is 906 g/mol. The zero-order chi connectivity index (χ0) is 46.2. The normalized spacial score (nSPS) is 13.7. The zero-order valence-corrected chi connectivity index (χ0v) is 41.9. The van der Waals surface area contributed by atoms with Crippen molar-refractivity contribution in [3.8, 4) is 0 Å². The number of carbonyl (C=O) groups is 2. The first-order valence-corrected chi connectivity index (χ1v) is 27.1. The van der Waals surface area contributed by atoms with Crippen LogP contribution in [0, 0.1) is 0 Å². The molecule has 0 rings (SSSR count). The van der Waals surface area contributed by atoms with Crippen molar-refractivity contribution in [3.63, 3.8) is 0 Å². The van der Waals surface area contributed by atoms with Gasteiger partial charge in [-0.2, -0.15) is 0 Å². The molecule has 1 N–H and O–H groups in total. The number of hydrogen-bond donors (Lipinski definition) is 1. The Labute approximate surface area is 387 Å².